The average Bonchev–Trinajstić information content (AvgIpc) is 2.39. The number of aliphatic hydroxyl groups is 1. The minimum atomic E-state index is -1.39. The van der Waals surface area contributed by atoms with Crippen LogP contribution in [-0.2, 0) is 0 Å². The third-order valence-electron chi connectivity index (χ3n) is 2.54. The molecule has 2 aromatic rings. The van der Waals surface area contributed by atoms with Crippen LogP contribution >= 0.6 is 0 Å². The summed E-state index contributed by atoms with van der Waals surface area (Å²) in [6.07, 6.45) is -2.49. The molecule has 2 aromatic carbocycles. The zero-order valence-corrected chi connectivity index (χ0v) is 8.75. The number of hydrogen-bond donors (Lipinski definition) is 1. The fraction of sp³-hybridized carbons (Fsp3) is 0.143. The smallest absolute Gasteiger partial charge is 0.155 e. The van der Waals surface area contributed by atoms with E-state index >= 15 is 0 Å². The molecule has 2 atom stereocenters. The van der Waals surface area contributed by atoms with E-state index < -0.39 is 12.3 Å². The van der Waals surface area contributed by atoms with Crippen molar-refractivity contribution in [3.8, 4) is 0 Å². The Labute approximate surface area is 94.2 Å². The summed E-state index contributed by atoms with van der Waals surface area (Å²) in [6.45, 7) is 0. The summed E-state index contributed by atoms with van der Waals surface area (Å²) < 4.78 is 14.0. The van der Waals surface area contributed by atoms with E-state index in [1.807, 2.05) is 12.1 Å². The van der Waals surface area contributed by atoms with E-state index in [1.165, 1.54) is 0 Å². The maximum absolute atomic E-state index is 14.0. The molecule has 0 aliphatic heterocycles. The first kappa shape index (κ1) is 10.8. The largest absolute Gasteiger partial charge is 0.385 e. The van der Waals surface area contributed by atoms with Crippen molar-refractivity contribution < 1.29 is 9.50 Å². The van der Waals surface area contributed by atoms with Gasteiger partial charge in [0.15, 0.2) is 6.17 Å². The Hall–Kier alpha value is -1.67. The molecule has 1 N–H and O–H groups in total. The predicted octanol–water partition coefficient (Wildman–Crippen LogP) is 3.43. The standard InChI is InChI=1S/C14H13FO/c15-13(11-7-3-1-4-8-11)14(16)12-9-5-2-6-10-12/h1-10,13-14,16H. The van der Waals surface area contributed by atoms with Crippen molar-refractivity contribution in [2.75, 3.05) is 0 Å². The Balaban J connectivity index is 2.20. The fourth-order valence-corrected chi connectivity index (χ4v) is 1.64. The molecule has 0 aliphatic rings. The minimum absolute atomic E-state index is 0.499. The summed E-state index contributed by atoms with van der Waals surface area (Å²) in [7, 11) is 0. The highest BCUT2D eigenvalue weighted by Crippen LogP contribution is 2.31. The number of alkyl halides is 1. The van der Waals surface area contributed by atoms with Gasteiger partial charge in [-0.2, -0.15) is 0 Å². The van der Waals surface area contributed by atoms with Crippen molar-refractivity contribution in [2.45, 2.75) is 12.3 Å². The van der Waals surface area contributed by atoms with Crippen molar-refractivity contribution >= 4 is 0 Å². The van der Waals surface area contributed by atoms with Crippen molar-refractivity contribution in [2.24, 2.45) is 0 Å². The normalized spacial score (nSPS) is 14.4. The van der Waals surface area contributed by atoms with Crippen molar-refractivity contribution in [3.63, 3.8) is 0 Å². The van der Waals surface area contributed by atoms with Crippen LogP contribution in [0, 0.1) is 0 Å². The zero-order valence-electron chi connectivity index (χ0n) is 8.75. The van der Waals surface area contributed by atoms with Gasteiger partial charge in [-0.25, -0.2) is 4.39 Å². The van der Waals surface area contributed by atoms with Gasteiger partial charge in [0.1, 0.15) is 6.10 Å². The Morgan fingerprint density at radius 1 is 0.750 bits per heavy atom. The minimum Gasteiger partial charge on any atom is -0.385 e. The molecule has 2 rings (SSSR count). The summed E-state index contributed by atoms with van der Waals surface area (Å²) in [5, 5.41) is 9.87. The summed E-state index contributed by atoms with van der Waals surface area (Å²) in [4.78, 5) is 0. The van der Waals surface area contributed by atoms with Crippen LogP contribution in [0.2, 0.25) is 0 Å². The van der Waals surface area contributed by atoms with Crippen LogP contribution in [0.25, 0.3) is 0 Å². The van der Waals surface area contributed by atoms with E-state index in [-0.39, 0.29) is 0 Å². The highest BCUT2D eigenvalue weighted by Gasteiger charge is 2.21. The zero-order chi connectivity index (χ0) is 11.4. The lowest BCUT2D eigenvalue weighted by atomic mass is 10.00. The molecule has 2 heteroatoms. The van der Waals surface area contributed by atoms with E-state index in [4.69, 9.17) is 0 Å². The number of halogens is 1. The van der Waals surface area contributed by atoms with Gasteiger partial charge in [0.2, 0.25) is 0 Å². The molecule has 0 radical (unpaired) electrons. The molecular formula is C14H13FO. The van der Waals surface area contributed by atoms with Crippen LogP contribution in [0.1, 0.15) is 23.4 Å². The second-order valence-corrected chi connectivity index (χ2v) is 3.67. The van der Waals surface area contributed by atoms with Gasteiger partial charge in [-0.3, -0.25) is 0 Å². The summed E-state index contributed by atoms with van der Waals surface area (Å²) >= 11 is 0. The first-order valence-corrected chi connectivity index (χ1v) is 5.21. The van der Waals surface area contributed by atoms with Crippen LogP contribution in [0.3, 0.4) is 0 Å². The molecule has 2 unspecified atom stereocenters. The molecule has 82 valence electrons. The van der Waals surface area contributed by atoms with Gasteiger partial charge >= 0.3 is 0 Å². The number of benzene rings is 2. The van der Waals surface area contributed by atoms with Crippen LogP contribution in [0.15, 0.2) is 60.7 Å². The van der Waals surface area contributed by atoms with Gasteiger partial charge in [0.05, 0.1) is 0 Å². The van der Waals surface area contributed by atoms with Gasteiger partial charge < -0.3 is 5.11 Å². The van der Waals surface area contributed by atoms with Crippen LogP contribution in [-0.4, -0.2) is 5.11 Å². The second-order valence-electron chi connectivity index (χ2n) is 3.67. The third-order valence-corrected chi connectivity index (χ3v) is 2.54. The van der Waals surface area contributed by atoms with Gasteiger partial charge in [0, 0.05) is 0 Å². The molecule has 0 amide bonds. The molecule has 0 heterocycles. The lowest BCUT2D eigenvalue weighted by Crippen LogP contribution is -2.06. The molecule has 0 aliphatic carbocycles. The predicted molar refractivity (Wildman–Crippen MR) is 61.7 cm³/mol. The third kappa shape index (κ3) is 2.28. The van der Waals surface area contributed by atoms with E-state index in [0.717, 1.165) is 0 Å². The first-order chi connectivity index (χ1) is 7.79. The Morgan fingerprint density at radius 2 is 1.19 bits per heavy atom. The first-order valence-electron chi connectivity index (χ1n) is 5.21. The van der Waals surface area contributed by atoms with Crippen molar-refractivity contribution in [1.82, 2.24) is 0 Å². The summed E-state index contributed by atoms with van der Waals surface area (Å²) in [5.74, 6) is 0. The number of aliphatic hydroxyl groups excluding tert-OH is 1. The van der Waals surface area contributed by atoms with Gasteiger partial charge in [-0.15, -0.1) is 0 Å². The molecule has 0 saturated heterocycles. The Kier molecular flexibility index (Phi) is 3.32. The van der Waals surface area contributed by atoms with Crippen molar-refractivity contribution in [1.29, 1.82) is 0 Å². The van der Waals surface area contributed by atoms with E-state index in [2.05, 4.69) is 0 Å². The van der Waals surface area contributed by atoms with E-state index in [0.29, 0.717) is 11.1 Å². The Morgan fingerprint density at radius 3 is 1.69 bits per heavy atom. The lowest BCUT2D eigenvalue weighted by molar-refractivity contribution is 0.0775. The molecule has 16 heavy (non-hydrogen) atoms. The van der Waals surface area contributed by atoms with Gasteiger partial charge in [0.25, 0.3) is 0 Å². The highest BCUT2D eigenvalue weighted by molar-refractivity contribution is 5.24. The van der Waals surface area contributed by atoms with Crippen LogP contribution in [0.4, 0.5) is 4.39 Å². The topological polar surface area (TPSA) is 20.2 Å². The maximum atomic E-state index is 14.0. The SMILES string of the molecule is OC(c1ccccc1)C(F)c1ccccc1. The van der Waals surface area contributed by atoms with E-state index in [1.54, 1.807) is 48.5 Å². The maximum Gasteiger partial charge on any atom is 0.155 e. The van der Waals surface area contributed by atoms with E-state index in [9.17, 15) is 9.50 Å². The summed E-state index contributed by atoms with van der Waals surface area (Å²) in [5.41, 5.74) is 1.10. The van der Waals surface area contributed by atoms with Gasteiger partial charge in [-0.1, -0.05) is 60.7 Å². The molecule has 0 saturated carbocycles. The molecule has 0 bridgehead atoms. The lowest BCUT2D eigenvalue weighted by Gasteiger charge is -2.16. The summed E-state index contributed by atoms with van der Waals surface area (Å²) in [6, 6.07) is 17.6. The van der Waals surface area contributed by atoms with Gasteiger partial charge in [-0.05, 0) is 11.1 Å². The number of rotatable bonds is 3. The van der Waals surface area contributed by atoms with Crippen LogP contribution in [0.5, 0.6) is 0 Å². The molecular weight excluding hydrogens is 203 g/mol. The van der Waals surface area contributed by atoms with Crippen molar-refractivity contribution in [3.05, 3.63) is 71.8 Å². The highest BCUT2D eigenvalue weighted by atomic mass is 19.1. The molecule has 0 spiro atoms. The number of hydrogen-bond acceptors (Lipinski definition) is 1. The fourth-order valence-electron chi connectivity index (χ4n) is 1.64. The molecule has 1 nitrogen and oxygen atoms in total. The Bertz CT molecular complexity index is 384. The average molecular weight is 216 g/mol. The molecule has 0 aromatic heterocycles. The quantitative estimate of drug-likeness (QED) is 0.833. The monoisotopic (exact) mass is 216 g/mol. The van der Waals surface area contributed by atoms with Crippen LogP contribution < -0.4 is 0 Å². The molecule has 0 fully saturated rings. The second kappa shape index (κ2) is 4.90.